The van der Waals surface area contributed by atoms with Gasteiger partial charge in [0, 0.05) is 10.7 Å². The second-order valence-electron chi connectivity index (χ2n) is 3.72. The molecule has 2 aromatic rings. The average molecular weight is 323 g/mol. The standard InChI is InChI=1S/C12H11BrN4O2/c1-7-2-3-8(13)6-10(7)19-12-15-5-4-9(16-12)11(14)17-18/h2-6,18H,1H3,(H2,14,17). The minimum Gasteiger partial charge on any atom is -0.424 e. The van der Waals surface area contributed by atoms with Gasteiger partial charge in [-0.3, -0.25) is 0 Å². The predicted molar refractivity (Wildman–Crippen MR) is 73.5 cm³/mol. The highest BCUT2D eigenvalue weighted by atomic mass is 79.9. The van der Waals surface area contributed by atoms with Gasteiger partial charge in [-0.25, -0.2) is 4.98 Å². The van der Waals surface area contributed by atoms with Crippen LogP contribution in [0.3, 0.4) is 0 Å². The predicted octanol–water partition coefficient (Wildman–Crippen LogP) is 2.43. The quantitative estimate of drug-likeness (QED) is 0.392. The first-order valence-corrected chi connectivity index (χ1v) is 6.14. The van der Waals surface area contributed by atoms with Gasteiger partial charge in [0.25, 0.3) is 0 Å². The number of nitrogens with zero attached hydrogens (tertiary/aromatic N) is 3. The van der Waals surface area contributed by atoms with Crippen LogP contribution in [0.4, 0.5) is 0 Å². The summed E-state index contributed by atoms with van der Waals surface area (Å²) in [4.78, 5) is 8.03. The van der Waals surface area contributed by atoms with Crippen LogP contribution in [0.2, 0.25) is 0 Å². The largest absolute Gasteiger partial charge is 0.424 e. The summed E-state index contributed by atoms with van der Waals surface area (Å²) in [6.07, 6.45) is 1.48. The van der Waals surface area contributed by atoms with Crippen molar-refractivity contribution in [1.29, 1.82) is 0 Å². The van der Waals surface area contributed by atoms with Crippen LogP contribution in [0.1, 0.15) is 11.3 Å². The fraction of sp³-hybridized carbons (Fsp3) is 0.0833. The molecule has 0 amide bonds. The molecule has 3 N–H and O–H groups in total. The molecule has 0 aliphatic carbocycles. The first kappa shape index (κ1) is 13.3. The molecule has 19 heavy (non-hydrogen) atoms. The number of amidine groups is 1. The Balaban J connectivity index is 2.31. The Kier molecular flexibility index (Phi) is 3.96. The van der Waals surface area contributed by atoms with E-state index < -0.39 is 0 Å². The molecular weight excluding hydrogens is 312 g/mol. The Morgan fingerprint density at radius 1 is 1.42 bits per heavy atom. The third-order valence-corrected chi connectivity index (χ3v) is 2.85. The Morgan fingerprint density at radius 2 is 2.21 bits per heavy atom. The topological polar surface area (TPSA) is 93.6 Å². The summed E-state index contributed by atoms with van der Waals surface area (Å²) in [6.45, 7) is 1.91. The molecule has 7 heteroatoms. The third-order valence-electron chi connectivity index (χ3n) is 2.36. The highest BCUT2D eigenvalue weighted by molar-refractivity contribution is 9.10. The Morgan fingerprint density at radius 3 is 2.95 bits per heavy atom. The zero-order valence-electron chi connectivity index (χ0n) is 10.0. The van der Waals surface area contributed by atoms with E-state index in [1.807, 2.05) is 25.1 Å². The number of oxime groups is 1. The van der Waals surface area contributed by atoms with Crippen LogP contribution >= 0.6 is 15.9 Å². The molecule has 1 aromatic carbocycles. The van der Waals surface area contributed by atoms with Gasteiger partial charge >= 0.3 is 6.01 Å². The monoisotopic (exact) mass is 322 g/mol. The molecule has 0 fully saturated rings. The maximum Gasteiger partial charge on any atom is 0.322 e. The number of halogens is 1. The van der Waals surface area contributed by atoms with E-state index in [9.17, 15) is 0 Å². The van der Waals surface area contributed by atoms with Crippen molar-refractivity contribution < 1.29 is 9.94 Å². The SMILES string of the molecule is Cc1ccc(Br)cc1Oc1nccc(/C(N)=N/O)n1. The van der Waals surface area contributed by atoms with Crippen molar-refractivity contribution in [2.75, 3.05) is 0 Å². The van der Waals surface area contributed by atoms with Gasteiger partial charge in [-0.1, -0.05) is 27.2 Å². The summed E-state index contributed by atoms with van der Waals surface area (Å²) >= 11 is 3.37. The van der Waals surface area contributed by atoms with Gasteiger partial charge in [0.05, 0.1) is 0 Å². The lowest BCUT2D eigenvalue weighted by atomic mass is 10.2. The molecular formula is C12H11BrN4O2. The van der Waals surface area contributed by atoms with E-state index >= 15 is 0 Å². The van der Waals surface area contributed by atoms with E-state index in [2.05, 4.69) is 31.1 Å². The Hall–Kier alpha value is -2.15. The number of aryl methyl sites for hydroxylation is 1. The zero-order valence-corrected chi connectivity index (χ0v) is 11.6. The lowest BCUT2D eigenvalue weighted by Gasteiger charge is -2.08. The van der Waals surface area contributed by atoms with E-state index in [-0.39, 0.29) is 11.8 Å². The molecule has 2 rings (SSSR count). The van der Waals surface area contributed by atoms with Crippen molar-refractivity contribution in [3.8, 4) is 11.8 Å². The number of hydrogen-bond acceptors (Lipinski definition) is 5. The minimum atomic E-state index is -0.0989. The highest BCUT2D eigenvalue weighted by Gasteiger charge is 2.07. The van der Waals surface area contributed by atoms with Crippen LogP contribution < -0.4 is 10.5 Å². The lowest BCUT2D eigenvalue weighted by molar-refractivity contribution is 0.318. The normalized spacial score (nSPS) is 11.4. The number of aromatic nitrogens is 2. The van der Waals surface area contributed by atoms with Crippen molar-refractivity contribution in [3.63, 3.8) is 0 Å². The van der Waals surface area contributed by atoms with Gasteiger partial charge in [0.2, 0.25) is 0 Å². The van der Waals surface area contributed by atoms with Crippen LogP contribution in [-0.4, -0.2) is 21.0 Å². The fourth-order valence-corrected chi connectivity index (χ4v) is 1.71. The van der Waals surface area contributed by atoms with Crippen LogP contribution in [-0.2, 0) is 0 Å². The molecule has 6 nitrogen and oxygen atoms in total. The van der Waals surface area contributed by atoms with E-state index in [1.54, 1.807) is 0 Å². The van der Waals surface area contributed by atoms with Crippen molar-refractivity contribution in [2.24, 2.45) is 10.9 Å². The summed E-state index contributed by atoms with van der Waals surface area (Å²) < 4.78 is 6.47. The fourth-order valence-electron chi connectivity index (χ4n) is 1.37. The highest BCUT2D eigenvalue weighted by Crippen LogP contribution is 2.26. The molecule has 0 aliphatic rings. The second kappa shape index (κ2) is 5.66. The van der Waals surface area contributed by atoms with Crippen molar-refractivity contribution in [1.82, 2.24) is 9.97 Å². The van der Waals surface area contributed by atoms with E-state index in [4.69, 9.17) is 15.7 Å². The van der Waals surface area contributed by atoms with Crippen molar-refractivity contribution >= 4 is 21.8 Å². The second-order valence-corrected chi connectivity index (χ2v) is 4.64. The van der Waals surface area contributed by atoms with Gasteiger partial charge in [-0.15, -0.1) is 0 Å². The number of hydrogen-bond donors (Lipinski definition) is 2. The van der Waals surface area contributed by atoms with E-state index in [1.165, 1.54) is 12.3 Å². The molecule has 0 saturated carbocycles. The average Bonchev–Trinajstić information content (AvgIpc) is 2.42. The molecule has 0 radical (unpaired) electrons. The van der Waals surface area contributed by atoms with E-state index in [0.717, 1.165) is 10.0 Å². The molecule has 98 valence electrons. The smallest absolute Gasteiger partial charge is 0.322 e. The van der Waals surface area contributed by atoms with Crippen LogP contribution in [0.25, 0.3) is 0 Å². The molecule has 0 bridgehead atoms. The summed E-state index contributed by atoms with van der Waals surface area (Å²) in [7, 11) is 0. The van der Waals surface area contributed by atoms with Gasteiger partial charge in [-0.2, -0.15) is 4.98 Å². The van der Waals surface area contributed by atoms with Gasteiger partial charge in [-0.05, 0) is 30.7 Å². The first-order chi connectivity index (χ1) is 9.10. The molecule has 0 aliphatic heterocycles. The summed E-state index contributed by atoms with van der Waals surface area (Å²) in [5.74, 6) is 0.532. The number of benzene rings is 1. The van der Waals surface area contributed by atoms with Crippen LogP contribution in [0.5, 0.6) is 11.8 Å². The lowest BCUT2D eigenvalue weighted by Crippen LogP contribution is -2.15. The Bertz CT molecular complexity index is 631. The van der Waals surface area contributed by atoms with Crippen LogP contribution in [0.15, 0.2) is 40.1 Å². The molecule has 0 atom stereocenters. The maximum absolute atomic E-state index is 8.60. The maximum atomic E-state index is 8.60. The molecule has 0 saturated heterocycles. The molecule has 0 spiro atoms. The van der Waals surface area contributed by atoms with Crippen LogP contribution in [0, 0.1) is 6.92 Å². The molecule has 0 unspecified atom stereocenters. The summed E-state index contributed by atoms with van der Waals surface area (Å²) in [5, 5.41) is 11.5. The zero-order chi connectivity index (χ0) is 13.8. The molecule has 1 aromatic heterocycles. The van der Waals surface area contributed by atoms with Crippen molar-refractivity contribution in [2.45, 2.75) is 6.92 Å². The Labute approximate surface area is 118 Å². The van der Waals surface area contributed by atoms with Gasteiger partial charge in [0.1, 0.15) is 11.4 Å². The summed E-state index contributed by atoms with van der Waals surface area (Å²) in [5.41, 5.74) is 6.69. The number of nitrogens with two attached hydrogens (primary N) is 1. The molecule has 1 heterocycles. The first-order valence-electron chi connectivity index (χ1n) is 5.35. The number of ether oxygens (including phenoxy) is 1. The summed E-state index contributed by atoms with van der Waals surface area (Å²) in [6, 6.07) is 7.29. The minimum absolute atomic E-state index is 0.0989. The van der Waals surface area contributed by atoms with Crippen molar-refractivity contribution in [3.05, 3.63) is 46.2 Å². The third kappa shape index (κ3) is 3.19. The van der Waals surface area contributed by atoms with Gasteiger partial charge < -0.3 is 15.7 Å². The van der Waals surface area contributed by atoms with E-state index in [0.29, 0.717) is 11.4 Å². The number of rotatable bonds is 3. The van der Waals surface area contributed by atoms with Gasteiger partial charge in [0.15, 0.2) is 5.84 Å².